The monoisotopic (exact) mass is 655 g/mol. The van der Waals surface area contributed by atoms with Gasteiger partial charge in [0.25, 0.3) is 0 Å². The van der Waals surface area contributed by atoms with E-state index in [4.69, 9.17) is 14.7 Å². The molecule has 9 nitrogen and oxygen atoms in total. The molecule has 3 aromatic rings. The number of hydroxylamine groups is 1. The van der Waals surface area contributed by atoms with Crippen LogP contribution in [0.15, 0.2) is 85.5 Å². The molecule has 1 aliphatic heterocycles. The van der Waals surface area contributed by atoms with Crippen LogP contribution in [-0.2, 0) is 32.2 Å². The molecule has 48 heavy (non-hydrogen) atoms. The lowest BCUT2D eigenvalue weighted by Gasteiger charge is -2.39. The smallest absolute Gasteiger partial charge is 0.243 e. The fourth-order valence-electron chi connectivity index (χ4n) is 6.74. The molecule has 3 atom stereocenters. The van der Waals surface area contributed by atoms with E-state index in [-0.39, 0.29) is 31.1 Å². The molecule has 5 rings (SSSR count). The van der Waals surface area contributed by atoms with Crippen molar-refractivity contribution in [1.82, 2.24) is 15.7 Å². The van der Waals surface area contributed by atoms with Gasteiger partial charge in [0, 0.05) is 50.5 Å². The maximum absolute atomic E-state index is 12.4. The second kappa shape index (κ2) is 18.1. The van der Waals surface area contributed by atoms with Crippen LogP contribution in [0, 0.1) is 0 Å². The molecule has 9 heteroatoms. The summed E-state index contributed by atoms with van der Waals surface area (Å²) in [7, 11) is 0. The Balaban J connectivity index is 1.29. The highest BCUT2D eigenvalue weighted by Crippen LogP contribution is 2.39. The minimum Gasteiger partial charge on any atom is -0.392 e. The van der Waals surface area contributed by atoms with Crippen molar-refractivity contribution in [3.8, 4) is 11.1 Å². The van der Waals surface area contributed by atoms with Crippen molar-refractivity contribution in [1.29, 1.82) is 0 Å². The van der Waals surface area contributed by atoms with Gasteiger partial charge < -0.3 is 19.9 Å². The number of carbonyl (C=O) groups excluding carboxylic acids is 2. The highest BCUT2D eigenvalue weighted by Gasteiger charge is 2.34. The Labute approximate surface area is 283 Å². The predicted molar refractivity (Wildman–Crippen MR) is 185 cm³/mol. The summed E-state index contributed by atoms with van der Waals surface area (Å²) in [6, 6.07) is 24.9. The van der Waals surface area contributed by atoms with E-state index in [1.165, 1.54) is 25.7 Å². The molecule has 0 bridgehead atoms. The van der Waals surface area contributed by atoms with E-state index in [0.717, 1.165) is 52.9 Å². The van der Waals surface area contributed by atoms with Gasteiger partial charge in [-0.25, -0.2) is 5.48 Å². The number of unbranched alkanes of at least 4 members (excludes halogenated alkanes) is 1. The number of carbonyl (C=O) groups is 2. The Morgan fingerprint density at radius 2 is 1.58 bits per heavy atom. The Hall–Kier alpha value is -3.86. The Kier molecular flexibility index (Phi) is 13.3. The number of amides is 2. The number of nitrogens with zero attached hydrogens (tertiary/aromatic N) is 1. The van der Waals surface area contributed by atoms with Gasteiger partial charge in [-0.05, 0) is 65.6 Å². The van der Waals surface area contributed by atoms with E-state index in [1.54, 1.807) is 5.48 Å². The average molecular weight is 656 g/mol. The molecule has 2 aliphatic rings. The van der Waals surface area contributed by atoms with Gasteiger partial charge in [-0.2, -0.15) is 0 Å². The maximum atomic E-state index is 12.4. The molecule has 0 spiro atoms. The Morgan fingerprint density at radius 1 is 0.875 bits per heavy atom. The van der Waals surface area contributed by atoms with Gasteiger partial charge in [0.2, 0.25) is 11.8 Å². The van der Waals surface area contributed by atoms with E-state index in [0.29, 0.717) is 31.8 Å². The number of ether oxygens (including phenoxy) is 2. The fourth-order valence-corrected chi connectivity index (χ4v) is 6.74. The first-order valence-corrected chi connectivity index (χ1v) is 17.2. The van der Waals surface area contributed by atoms with Crippen molar-refractivity contribution < 1.29 is 29.4 Å². The molecule has 1 aliphatic carbocycles. The third-order valence-corrected chi connectivity index (χ3v) is 9.35. The summed E-state index contributed by atoms with van der Waals surface area (Å²) in [4.78, 5) is 26.0. The zero-order valence-corrected chi connectivity index (χ0v) is 27.7. The zero-order chi connectivity index (χ0) is 33.7. The number of aliphatic hydroxyl groups is 1. The van der Waals surface area contributed by atoms with E-state index >= 15 is 0 Å². The van der Waals surface area contributed by atoms with Crippen molar-refractivity contribution in [3.63, 3.8) is 0 Å². The zero-order valence-electron chi connectivity index (χ0n) is 27.7. The summed E-state index contributed by atoms with van der Waals surface area (Å²) in [5.41, 5.74) is 7.54. The summed E-state index contributed by atoms with van der Waals surface area (Å²) in [6.07, 6.45) is 8.56. The van der Waals surface area contributed by atoms with Crippen LogP contribution in [0.2, 0.25) is 0 Å². The molecule has 3 unspecified atom stereocenters. The molecular weight excluding hydrogens is 606 g/mol. The van der Waals surface area contributed by atoms with Crippen LogP contribution in [-0.4, -0.2) is 52.3 Å². The summed E-state index contributed by atoms with van der Waals surface area (Å²) in [5.74, 6) is -0.520. The maximum Gasteiger partial charge on any atom is 0.243 e. The number of rotatable bonds is 16. The molecular formula is C39H49N3O6. The number of hydrogen-bond acceptors (Lipinski definition) is 7. The summed E-state index contributed by atoms with van der Waals surface area (Å²) in [5, 5.41) is 21.1. The summed E-state index contributed by atoms with van der Waals surface area (Å²) in [6.45, 7) is 6.08. The topological polar surface area (TPSA) is 120 Å². The molecule has 3 aromatic carbocycles. The van der Waals surface area contributed by atoms with Gasteiger partial charge in [0.15, 0.2) is 6.29 Å². The van der Waals surface area contributed by atoms with E-state index in [1.807, 2.05) is 48.5 Å². The molecule has 1 saturated heterocycles. The standard InChI is InChI=1S/C39H49N3O6/c1-2-21-42(34-13-3-4-14-34)26-35-24-36(30-19-17-28(27-43)18-20-30)48-39(47-35)33-12-8-11-32(23-33)31-10-7-9-29(22-31)25-40-37(44)15-5-6-16-38(45)41-46/h2,7-12,17-20,22-23,34-36,39,43,46H,1,3-6,13-16,21,24-27H2,(H,40,44)(H,41,45). The number of benzene rings is 3. The molecule has 0 aromatic heterocycles. The van der Waals surface area contributed by atoms with Crippen molar-refractivity contribution in [2.24, 2.45) is 0 Å². The molecule has 0 radical (unpaired) electrons. The van der Waals surface area contributed by atoms with Crippen LogP contribution in [0.5, 0.6) is 0 Å². The van der Waals surface area contributed by atoms with Crippen molar-refractivity contribution >= 4 is 11.8 Å². The third kappa shape index (κ3) is 10.1. The van der Waals surface area contributed by atoms with Gasteiger partial charge in [-0.15, -0.1) is 6.58 Å². The van der Waals surface area contributed by atoms with Crippen LogP contribution >= 0.6 is 0 Å². The minimum atomic E-state index is -0.550. The molecule has 256 valence electrons. The van der Waals surface area contributed by atoms with Crippen molar-refractivity contribution in [2.75, 3.05) is 13.1 Å². The lowest BCUT2D eigenvalue weighted by atomic mass is 9.98. The molecule has 1 saturated carbocycles. The SMILES string of the molecule is C=CCN(CC1CC(c2ccc(CO)cc2)OC(c2cccc(-c3cccc(CNC(=O)CCCCC(=O)NO)c3)c2)O1)C1CCCC1. The first-order chi connectivity index (χ1) is 23.4. The van der Waals surface area contributed by atoms with Gasteiger partial charge in [0.1, 0.15) is 0 Å². The van der Waals surface area contributed by atoms with Crippen LogP contribution < -0.4 is 10.8 Å². The minimum absolute atomic E-state index is 0.00578. The molecule has 2 amide bonds. The average Bonchev–Trinajstić information content (AvgIpc) is 3.68. The van der Waals surface area contributed by atoms with Gasteiger partial charge in [0.05, 0.1) is 18.8 Å². The van der Waals surface area contributed by atoms with Crippen LogP contribution in [0.3, 0.4) is 0 Å². The summed E-state index contributed by atoms with van der Waals surface area (Å²) >= 11 is 0. The molecule has 4 N–H and O–H groups in total. The first kappa shape index (κ1) is 35.4. The Morgan fingerprint density at radius 3 is 2.29 bits per heavy atom. The Bertz CT molecular complexity index is 1490. The fraction of sp³-hybridized carbons (Fsp3) is 0.436. The first-order valence-electron chi connectivity index (χ1n) is 17.2. The van der Waals surface area contributed by atoms with Gasteiger partial charge >= 0.3 is 0 Å². The number of hydrogen-bond donors (Lipinski definition) is 4. The predicted octanol–water partition coefficient (Wildman–Crippen LogP) is 6.50. The lowest BCUT2D eigenvalue weighted by Crippen LogP contribution is -2.43. The van der Waals surface area contributed by atoms with Gasteiger partial charge in [-0.3, -0.25) is 19.7 Å². The van der Waals surface area contributed by atoms with Crippen LogP contribution in [0.4, 0.5) is 0 Å². The van der Waals surface area contributed by atoms with E-state index in [2.05, 4.69) is 47.1 Å². The largest absolute Gasteiger partial charge is 0.392 e. The van der Waals surface area contributed by atoms with Gasteiger partial charge in [-0.1, -0.05) is 79.6 Å². The van der Waals surface area contributed by atoms with Crippen LogP contribution in [0.1, 0.15) is 92.4 Å². The van der Waals surface area contributed by atoms with Crippen molar-refractivity contribution in [3.05, 3.63) is 108 Å². The summed E-state index contributed by atoms with van der Waals surface area (Å²) < 4.78 is 13.4. The normalized spacial score (nSPS) is 19.7. The highest BCUT2D eigenvalue weighted by atomic mass is 16.7. The second-order valence-electron chi connectivity index (χ2n) is 12.9. The lowest BCUT2D eigenvalue weighted by molar-refractivity contribution is -0.253. The van der Waals surface area contributed by atoms with E-state index < -0.39 is 12.2 Å². The third-order valence-electron chi connectivity index (χ3n) is 9.35. The van der Waals surface area contributed by atoms with E-state index in [9.17, 15) is 14.7 Å². The molecule has 1 heterocycles. The second-order valence-corrected chi connectivity index (χ2v) is 12.9. The molecule has 2 fully saturated rings. The highest BCUT2D eigenvalue weighted by molar-refractivity contribution is 5.76. The van der Waals surface area contributed by atoms with Crippen LogP contribution in [0.25, 0.3) is 11.1 Å². The van der Waals surface area contributed by atoms with Crippen molar-refractivity contribution in [2.45, 2.75) is 95.5 Å². The quantitative estimate of drug-likeness (QED) is 0.0602. The number of aliphatic hydroxyl groups excluding tert-OH is 1. The number of nitrogens with one attached hydrogen (secondary N) is 2.